The number of aromatic nitrogens is 1. The molecule has 0 radical (unpaired) electrons. The maximum atomic E-state index is 11.8. The topological polar surface area (TPSA) is 33.2 Å². The number of carbonyl (C=O) groups is 1. The van der Waals surface area contributed by atoms with Gasteiger partial charge >= 0.3 is 0 Å². The van der Waals surface area contributed by atoms with Gasteiger partial charge < -0.3 is 4.90 Å². The van der Waals surface area contributed by atoms with Gasteiger partial charge in [0, 0.05) is 19.0 Å². The van der Waals surface area contributed by atoms with Crippen molar-refractivity contribution in [3.05, 3.63) is 17.7 Å². The van der Waals surface area contributed by atoms with Crippen LogP contribution in [0.15, 0.2) is 17.2 Å². The molecule has 0 bridgehead atoms. The summed E-state index contributed by atoms with van der Waals surface area (Å²) in [5.41, 5.74) is 0.776. The highest BCUT2D eigenvalue weighted by Gasteiger charge is 2.26. The highest BCUT2D eigenvalue weighted by molar-refractivity contribution is 7.98. The second kappa shape index (κ2) is 4.45. The lowest BCUT2D eigenvalue weighted by Gasteiger charge is -2.32. The number of pyridine rings is 1. The Morgan fingerprint density at radius 1 is 1.44 bits per heavy atom. The molecule has 0 amide bonds. The molecule has 0 saturated heterocycles. The van der Waals surface area contributed by atoms with Crippen LogP contribution in [0.1, 0.15) is 30.6 Å². The Hall–Kier alpha value is -1.03. The Kier molecular flexibility index (Phi) is 3.19. The van der Waals surface area contributed by atoms with Crippen LogP contribution < -0.4 is 4.90 Å². The van der Waals surface area contributed by atoms with Crippen LogP contribution in [0.5, 0.6) is 0 Å². The summed E-state index contributed by atoms with van der Waals surface area (Å²) in [4.78, 5) is 18.5. The zero-order valence-electron chi connectivity index (χ0n) is 9.86. The molecule has 1 aliphatic rings. The van der Waals surface area contributed by atoms with E-state index in [-0.39, 0.29) is 5.78 Å². The maximum absolute atomic E-state index is 11.8. The second-order valence-corrected chi connectivity index (χ2v) is 5.01. The van der Waals surface area contributed by atoms with Gasteiger partial charge in [-0.1, -0.05) is 0 Å². The average Bonchev–Trinajstić information content (AvgIpc) is 2.28. The molecular weight excluding hydrogens is 220 g/mol. The van der Waals surface area contributed by atoms with Crippen molar-refractivity contribution in [3.63, 3.8) is 0 Å². The predicted octanol–water partition coefficient (Wildman–Crippen LogP) is 2.60. The normalized spacial score (nSPS) is 15.5. The molecular formula is C12H16N2OS. The number of carbonyl (C=O) groups excluding carboxylic acids is 1. The lowest BCUT2D eigenvalue weighted by molar-refractivity contribution is 0.0978. The number of hydrogen-bond donors (Lipinski definition) is 0. The predicted molar refractivity (Wildman–Crippen MR) is 67.4 cm³/mol. The van der Waals surface area contributed by atoms with Crippen LogP contribution in [0.3, 0.4) is 0 Å². The molecule has 2 rings (SSSR count). The second-order valence-electron chi connectivity index (χ2n) is 4.19. The first-order chi connectivity index (χ1) is 7.63. The molecule has 0 aliphatic carbocycles. The molecule has 1 aromatic rings. The minimum absolute atomic E-state index is 0.215. The van der Waals surface area contributed by atoms with Crippen LogP contribution in [0.2, 0.25) is 0 Å². The number of fused-ring (bicyclic) bond motifs is 1. The van der Waals surface area contributed by atoms with Crippen LogP contribution in [-0.4, -0.2) is 29.6 Å². The molecule has 3 nitrogen and oxygen atoms in total. The van der Waals surface area contributed by atoms with Crippen molar-refractivity contribution in [1.29, 1.82) is 0 Å². The first-order valence-electron chi connectivity index (χ1n) is 5.48. The van der Waals surface area contributed by atoms with E-state index < -0.39 is 0 Å². The smallest absolute Gasteiger partial charge is 0.168 e. The van der Waals surface area contributed by atoms with E-state index in [0.717, 1.165) is 23.0 Å². The molecule has 0 saturated carbocycles. The highest BCUT2D eigenvalue weighted by Crippen LogP contribution is 2.28. The minimum atomic E-state index is 0.215. The minimum Gasteiger partial charge on any atom is -0.353 e. The summed E-state index contributed by atoms with van der Waals surface area (Å²) in [6.45, 7) is 5.05. The van der Waals surface area contributed by atoms with Gasteiger partial charge in [-0.2, -0.15) is 0 Å². The van der Waals surface area contributed by atoms with Gasteiger partial charge in [0.15, 0.2) is 5.78 Å². The number of anilines is 1. The van der Waals surface area contributed by atoms with Gasteiger partial charge in [-0.05, 0) is 32.2 Å². The van der Waals surface area contributed by atoms with Crippen molar-refractivity contribution < 1.29 is 4.79 Å². The molecule has 2 heterocycles. The quantitative estimate of drug-likeness (QED) is 0.739. The van der Waals surface area contributed by atoms with Gasteiger partial charge in [0.1, 0.15) is 5.82 Å². The van der Waals surface area contributed by atoms with E-state index in [0.29, 0.717) is 12.5 Å². The lowest BCUT2D eigenvalue weighted by atomic mass is 10.0. The van der Waals surface area contributed by atoms with Gasteiger partial charge in [0.2, 0.25) is 0 Å². The molecule has 0 fully saturated rings. The zero-order chi connectivity index (χ0) is 11.7. The van der Waals surface area contributed by atoms with E-state index >= 15 is 0 Å². The standard InChI is InChI=1S/C12H16N2OS/c1-8(2)14-7-6-10(15)9-4-5-11(16-3)13-12(9)14/h4-5,8H,6-7H2,1-3H3. The third kappa shape index (κ3) is 1.94. The number of rotatable bonds is 2. The van der Waals surface area contributed by atoms with Crippen molar-refractivity contribution in [2.24, 2.45) is 0 Å². The summed E-state index contributed by atoms with van der Waals surface area (Å²) in [5.74, 6) is 1.07. The molecule has 0 spiro atoms. The number of nitrogens with zero attached hydrogens (tertiary/aromatic N) is 2. The molecule has 4 heteroatoms. The number of ketones is 1. The average molecular weight is 236 g/mol. The zero-order valence-corrected chi connectivity index (χ0v) is 10.7. The van der Waals surface area contributed by atoms with Crippen molar-refractivity contribution in [3.8, 4) is 0 Å². The Morgan fingerprint density at radius 2 is 2.19 bits per heavy atom. The fourth-order valence-electron chi connectivity index (χ4n) is 1.95. The molecule has 0 atom stereocenters. The largest absolute Gasteiger partial charge is 0.353 e. The monoisotopic (exact) mass is 236 g/mol. The number of thioether (sulfide) groups is 1. The van der Waals surface area contributed by atoms with Crippen LogP contribution in [0.4, 0.5) is 5.82 Å². The Balaban J connectivity index is 2.49. The molecule has 0 unspecified atom stereocenters. The van der Waals surface area contributed by atoms with Crippen molar-refractivity contribution in [2.45, 2.75) is 31.3 Å². The van der Waals surface area contributed by atoms with Crippen LogP contribution >= 0.6 is 11.8 Å². The summed E-state index contributed by atoms with van der Waals surface area (Å²) in [7, 11) is 0. The van der Waals surface area contributed by atoms with Gasteiger partial charge in [0.05, 0.1) is 10.6 Å². The summed E-state index contributed by atoms with van der Waals surface area (Å²) >= 11 is 1.61. The third-order valence-corrected chi connectivity index (χ3v) is 3.48. The van der Waals surface area contributed by atoms with Crippen molar-refractivity contribution >= 4 is 23.4 Å². The fourth-order valence-corrected chi connectivity index (χ4v) is 2.33. The van der Waals surface area contributed by atoms with E-state index in [1.165, 1.54) is 0 Å². The van der Waals surface area contributed by atoms with Gasteiger partial charge in [-0.25, -0.2) is 4.98 Å². The lowest BCUT2D eigenvalue weighted by Crippen LogP contribution is -2.38. The maximum Gasteiger partial charge on any atom is 0.168 e. The number of hydrogen-bond acceptors (Lipinski definition) is 4. The summed E-state index contributed by atoms with van der Waals surface area (Å²) < 4.78 is 0. The van der Waals surface area contributed by atoms with Crippen LogP contribution in [0, 0.1) is 0 Å². The fraction of sp³-hybridized carbons (Fsp3) is 0.500. The van der Waals surface area contributed by atoms with E-state index in [9.17, 15) is 4.79 Å². The van der Waals surface area contributed by atoms with Gasteiger partial charge in [0.25, 0.3) is 0 Å². The van der Waals surface area contributed by atoms with Crippen LogP contribution in [0.25, 0.3) is 0 Å². The molecule has 1 aromatic heterocycles. The first-order valence-corrected chi connectivity index (χ1v) is 6.71. The first kappa shape index (κ1) is 11.5. The molecule has 0 N–H and O–H groups in total. The van der Waals surface area contributed by atoms with Gasteiger partial charge in [-0.3, -0.25) is 4.79 Å². The van der Waals surface area contributed by atoms with Gasteiger partial charge in [-0.15, -0.1) is 11.8 Å². The Morgan fingerprint density at radius 3 is 2.81 bits per heavy atom. The summed E-state index contributed by atoms with van der Waals surface area (Å²) in [5, 5.41) is 0.971. The molecule has 16 heavy (non-hydrogen) atoms. The third-order valence-electron chi connectivity index (χ3n) is 2.83. The Bertz CT molecular complexity index is 417. The van der Waals surface area contributed by atoms with E-state index in [2.05, 4.69) is 23.7 Å². The van der Waals surface area contributed by atoms with Crippen molar-refractivity contribution in [2.75, 3.05) is 17.7 Å². The molecule has 0 aromatic carbocycles. The summed E-state index contributed by atoms with van der Waals surface area (Å²) in [6.07, 6.45) is 2.60. The van der Waals surface area contributed by atoms with E-state index in [1.807, 2.05) is 18.4 Å². The van der Waals surface area contributed by atoms with Crippen molar-refractivity contribution in [1.82, 2.24) is 4.98 Å². The van der Waals surface area contributed by atoms with E-state index in [1.54, 1.807) is 11.8 Å². The van der Waals surface area contributed by atoms with E-state index in [4.69, 9.17) is 0 Å². The molecule has 1 aliphatic heterocycles. The number of Topliss-reactive ketones (excluding diaryl/α,β-unsaturated/α-hetero) is 1. The highest BCUT2D eigenvalue weighted by atomic mass is 32.2. The van der Waals surface area contributed by atoms with Crippen LogP contribution in [-0.2, 0) is 0 Å². The molecule has 86 valence electrons. The summed E-state index contributed by atoms with van der Waals surface area (Å²) in [6, 6.07) is 4.22. The SMILES string of the molecule is CSc1ccc2c(n1)N(C(C)C)CCC2=O. The Labute approximate surface area is 100 Å².